The van der Waals surface area contributed by atoms with Gasteiger partial charge in [-0.25, -0.2) is 8.42 Å². The summed E-state index contributed by atoms with van der Waals surface area (Å²) in [6, 6.07) is 20.2. The number of hydrogen-bond donors (Lipinski definition) is 1. The number of sulfonamides is 1. The van der Waals surface area contributed by atoms with E-state index >= 15 is 0 Å². The van der Waals surface area contributed by atoms with Crippen LogP contribution in [0.3, 0.4) is 0 Å². The summed E-state index contributed by atoms with van der Waals surface area (Å²) in [5.41, 5.74) is 2.11. The van der Waals surface area contributed by atoms with Crippen molar-refractivity contribution in [1.82, 2.24) is 10.2 Å². The molecule has 220 valence electrons. The van der Waals surface area contributed by atoms with E-state index in [0.29, 0.717) is 25.3 Å². The highest BCUT2D eigenvalue weighted by atomic mass is 32.2. The molecule has 0 aliphatic carbocycles. The molecule has 0 aliphatic heterocycles. The lowest BCUT2D eigenvalue weighted by Crippen LogP contribution is -2.52. The number of para-hydroxylation sites is 2. The van der Waals surface area contributed by atoms with Gasteiger partial charge in [0.2, 0.25) is 11.8 Å². The largest absolute Gasteiger partial charge is 0.492 e. The number of hydrogen-bond acceptors (Lipinski definition) is 6. The summed E-state index contributed by atoms with van der Waals surface area (Å²) >= 11 is 1.50. The van der Waals surface area contributed by atoms with E-state index in [1.807, 2.05) is 58.2 Å². The van der Waals surface area contributed by atoms with Crippen LogP contribution in [-0.4, -0.2) is 57.1 Å². The van der Waals surface area contributed by atoms with E-state index in [2.05, 4.69) is 5.32 Å². The van der Waals surface area contributed by atoms with Gasteiger partial charge in [0.15, 0.2) is 0 Å². The van der Waals surface area contributed by atoms with Crippen LogP contribution in [0.1, 0.15) is 38.3 Å². The Labute approximate surface area is 248 Å². The molecule has 1 unspecified atom stereocenters. The molecule has 0 fully saturated rings. The molecule has 3 aromatic carbocycles. The van der Waals surface area contributed by atoms with Crippen molar-refractivity contribution in [2.75, 3.05) is 30.3 Å². The molecule has 0 saturated carbocycles. The Morgan fingerprint density at radius 1 is 0.976 bits per heavy atom. The monoisotopic (exact) mass is 597 g/mol. The number of rotatable bonds is 14. The number of nitrogens with one attached hydrogen (secondary N) is 1. The van der Waals surface area contributed by atoms with Gasteiger partial charge >= 0.3 is 0 Å². The lowest BCUT2D eigenvalue weighted by Gasteiger charge is -2.33. The number of carbonyl (C=O) groups is 2. The minimum atomic E-state index is -4.19. The maximum absolute atomic E-state index is 14.2. The van der Waals surface area contributed by atoms with Gasteiger partial charge in [0, 0.05) is 18.0 Å². The van der Waals surface area contributed by atoms with Gasteiger partial charge in [-0.05, 0) is 75.4 Å². The maximum Gasteiger partial charge on any atom is 0.264 e. The van der Waals surface area contributed by atoms with Gasteiger partial charge in [-0.1, -0.05) is 48.9 Å². The Morgan fingerprint density at radius 2 is 1.68 bits per heavy atom. The van der Waals surface area contributed by atoms with Crippen LogP contribution in [0.4, 0.5) is 5.69 Å². The predicted octanol–water partition coefficient (Wildman–Crippen LogP) is 5.25. The highest BCUT2D eigenvalue weighted by Crippen LogP contribution is 2.33. The van der Waals surface area contributed by atoms with E-state index < -0.39 is 28.5 Å². The number of aryl methyl sites for hydroxylation is 1. The summed E-state index contributed by atoms with van der Waals surface area (Å²) in [6.45, 7) is 7.78. The third kappa shape index (κ3) is 8.04. The second kappa shape index (κ2) is 14.9. The topological polar surface area (TPSA) is 96.0 Å². The molecule has 2 amide bonds. The maximum atomic E-state index is 14.2. The fourth-order valence-corrected chi connectivity index (χ4v) is 6.38. The first kappa shape index (κ1) is 32.0. The molecule has 1 N–H and O–H groups in total. The number of carbonyl (C=O) groups excluding carboxylic acids is 2. The highest BCUT2D eigenvalue weighted by molar-refractivity contribution is 7.98. The van der Waals surface area contributed by atoms with Crippen LogP contribution < -0.4 is 14.4 Å². The molecule has 1 atom stereocenters. The zero-order valence-electron chi connectivity index (χ0n) is 24.3. The van der Waals surface area contributed by atoms with Crippen molar-refractivity contribution in [1.29, 1.82) is 0 Å². The van der Waals surface area contributed by atoms with Crippen molar-refractivity contribution in [3.8, 4) is 5.75 Å². The Balaban J connectivity index is 2.11. The van der Waals surface area contributed by atoms with Gasteiger partial charge in [-0.3, -0.25) is 13.9 Å². The minimum Gasteiger partial charge on any atom is -0.492 e. The van der Waals surface area contributed by atoms with Gasteiger partial charge < -0.3 is 15.0 Å². The van der Waals surface area contributed by atoms with Gasteiger partial charge in [-0.2, -0.15) is 0 Å². The third-order valence-corrected chi connectivity index (χ3v) is 9.05. The molecule has 10 heteroatoms. The molecule has 41 heavy (non-hydrogen) atoms. The van der Waals surface area contributed by atoms with Crippen molar-refractivity contribution >= 4 is 39.3 Å². The van der Waals surface area contributed by atoms with E-state index in [0.717, 1.165) is 20.3 Å². The summed E-state index contributed by atoms with van der Waals surface area (Å²) in [5.74, 6) is -0.443. The number of benzene rings is 3. The first-order valence-corrected chi connectivity index (χ1v) is 16.3. The third-order valence-electron chi connectivity index (χ3n) is 6.53. The standard InChI is InChI=1S/C31H39N3O5S2/c1-6-27(31(36)32-7-2)33(21-24-13-11-12-23(4)20-24)30(35)22-34(28-14-9-10-15-29(28)39-8-3)41(37,38)26-18-16-25(40-5)17-19-26/h9-20,27H,6-8,21-22H2,1-5H3,(H,32,36). The second-order valence-electron chi connectivity index (χ2n) is 9.42. The number of likely N-dealkylation sites (N-methyl/N-ethyl adjacent to an activating group) is 1. The summed E-state index contributed by atoms with van der Waals surface area (Å²) in [5, 5.41) is 2.82. The smallest absolute Gasteiger partial charge is 0.264 e. The highest BCUT2D eigenvalue weighted by Gasteiger charge is 2.34. The molecule has 0 spiro atoms. The van der Waals surface area contributed by atoms with Crippen molar-refractivity contribution in [3.63, 3.8) is 0 Å². The molecule has 3 rings (SSSR count). The Morgan fingerprint density at radius 3 is 2.29 bits per heavy atom. The minimum absolute atomic E-state index is 0.0513. The zero-order valence-corrected chi connectivity index (χ0v) is 25.9. The molecule has 8 nitrogen and oxygen atoms in total. The zero-order chi connectivity index (χ0) is 30.0. The number of amides is 2. The van der Waals surface area contributed by atoms with Crippen LogP contribution in [0.5, 0.6) is 5.75 Å². The van der Waals surface area contributed by atoms with E-state index in [1.54, 1.807) is 36.4 Å². The van der Waals surface area contributed by atoms with E-state index in [9.17, 15) is 18.0 Å². The van der Waals surface area contributed by atoms with Gasteiger partial charge in [-0.15, -0.1) is 11.8 Å². The summed E-state index contributed by atoms with van der Waals surface area (Å²) < 4.78 is 35.1. The average molecular weight is 598 g/mol. The van der Waals surface area contributed by atoms with Crippen molar-refractivity contribution in [2.45, 2.75) is 56.5 Å². The molecule has 0 saturated heterocycles. The lowest BCUT2D eigenvalue weighted by molar-refractivity contribution is -0.140. The number of thioether (sulfide) groups is 1. The van der Waals surface area contributed by atoms with E-state index in [1.165, 1.54) is 28.8 Å². The molecule has 0 heterocycles. The fraction of sp³-hybridized carbons (Fsp3) is 0.355. The van der Waals surface area contributed by atoms with Crippen LogP contribution in [0.2, 0.25) is 0 Å². The molecular formula is C31H39N3O5S2. The molecule has 0 aromatic heterocycles. The van der Waals surface area contributed by atoms with Crippen LogP contribution in [-0.2, 0) is 26.2 Å². The predicted molar refractivity (Wildman–Crippen MR) is 165 cm³/mol. The first-order valence-electron chi connectivity index (χ1n) is 13.7. The second-order valence-corrected chi connectivity index (χ2v) is 12.2. The van der Waals surface area contributed by atoms with Crippen LogP contribution in [0, 0.1) is 6.92 Å². The number of nitrogens with zero attached hydrogens (tertiary/aromatic N) is 2. The van der Waals surface area contributed by atoms with Gasteiger partial charge in [0.25, 0.3) is 10.0 Å². The summed E-state index contributed by atoms with van der Waals surface area (Å²) in [6.07, 6.45) is 2.27. The number of ether oxygens (including phenoxy) is 1. The van der Waals surface area contributed by atoms with Crippen LogP contribution in [0.25, 0.3) is 0 Å². The molecule has 0 aliphatic rings. The molecule has 0 radical (unpaired) electrons. The van der Waals surface area contributed by atoms with Crippen molar-refractivity contribution in [3.05, 3.63) is 83.9 Å². The quantitative estimate of drug-likeness (QED) is 0.255. The SMILES string of the molecule is CCNC(=O)C(CC)N(Cc1cccc(C)c1)C(=O)CN(c1ccccc1OCC)S(=O)(=O)c1ccc(SC)cc1. The summed E-state index contributed by atoms with van der Waals surface area (Å²) in [4.78, 5) is 29.7. The van der Waals surface area contributed by atoms with Crippen LogP contribution >= 0.6 is 11.8 Å². The van der Waals surface area contributed by atoms with Crippen molar-refractivity contribution < 1.29 is 22.7 Å². The normalized spacial score (nSPS) is 11.9. The van der Waals surface area contributed by atoms with E-state index in [4.69, 9.17) is 4.74 Å². The lowest BCUT2D eigenvalue weighted by atomic mass is 10.1. The Hall–Kier alpha value is -3.50. The fourth-order valence-electron chi connectivity index (χ4n) is 4.55. The van der Waals surface area contributed by atoms with E-state index in [-0.39, 0.29) is 23.0 Å². The first-order chi connectivity index (χ1) is 19.7. The molecular weight excluding hydrogens is 558 g/mol. The Kier molecular flexibility index (Phi) is 11.7. The van der Waals surface area contributed by atoms with Gasteiger partial charge in [0.1, 0.15) is 18.3 Å². The molecule has 3 aromatic rings. The van der Waals surface area contributed by atoms with Crippen molar-refractivity contribution in [2.24, 2.45) is 0 Å². The van der Waals surface area contributed by atoms with Gasteiger partial charge in [0.05, 0.1) is 17.2 Å². The average Bonchev–Trinajstić information content (AvgIpc) is 2.96. The molecule has 0 bridgehead atoms. The Bertz CT molecular complexity index is 1430. The summed E-state index contributed by atoms with van der Waals surface area (Å²) in [7, 11) is -4.19. The van der Waals surface area contributed by atoms with Crippen LogP contribution in [0.15, 0.2) is 82.6 Å². The number of anilines is 1.